The number of hydrazine groups is 1. The summed E-state index contributed by atoms with van der Waals surface area (Å²) in [6.07, 6.45) is 4.50. The molecule has 5 aliphatic rings. The van der Waals surface area contributed by atoms with E-state index in [4.69, 9.17) is 16.3 Å². The summed E-state index contributed by atoms with van der Waals surface area (Å²) in [5.41, 5.74) is 7.57. The van der Waals surface area contributed by atoms with Crippen LogP contribution in [0.5, 0.6) is 11.5 Å². The van der Waals surface area contributed by atoms with Gasteiger partial charge >= 0.3 is 0 Å². The number of benzene rings is 4. The lowest BCUT2D eigenvalue weighted by atomic mass is 9.48. The number of fused-ring (bicyclic) bond motifs is 5. The van der Waals surface area contributed by atoms with E-state index in [0.717, 1.165) is 32.8 Å². The molecule has 4 aromatic rings. The van der Waals surface area contributed by atoms with Crippen LogP contribution in [0.2, 0.25) is 5.02 Å². The lowest BCUT2D eigenvalue weighted by Gasteiger charge is -2.51. The predicted octanol–water partition coefficient (Wildman–Crippen LogP) is 7.20. The van der Waals surface area contributed by atoms with Crippen molar-refractivity contribution in [2.75, 3.05) is 10.3 Å². The fraction of sp³-hybridized carbons (Fsp3) is 0.256. The molecule has 53 heavy (non-hydrogen) atoms. The number of rotatable bonds is 5. The summed E-state index contributed by atoms with van der Waals surface area (Å²) in [6, 6.07) is 26.9. The normalized spacial score (nSPS) is 27.3. The van der Waals surface area contributed by atoms with Crippen molar-refractivity contribution in [3.05, 3.63) is 142 Å². The van der Waals surface area contributed by atoms with Crippen molar-refractivity contribution in [2.45, 2.75) is 38.5 Å². The second-order valence-corrected chi connectivity index (χ2v) is 15.2. The first-order chi connectivity index (χ1) is 25.6. The number of phenols is 1. The van der Waals surface area contributed by atoms with E-state index < -0.39 is 46.8 Å². The summed E-state index contributed by atoms with van der Waals surface area (Å²) < 4.78 is 6.20. The zero-order valence-electron chi connectivity index (χ0n) is 29.1. The molecule has 3 aliphatic heterocycles. The van der Waals surface area contributed by atoms with Crippen LogP contribution in [0.3, 0.4) is 0 Å². The number of aryl methyl sites for hydroxylation is 2. The van der Waals surface area contributed by atoms with Crippen molar-refractivity contribution in [1.29, 1.82) is 0 Å². The first-order valence-corrected chi connectivity index (χ1v) is 18.2. The fourth-order valence-corrected chi connectivity index (χ4v) is 9.71. The molecule has 6 atom stereocenters. The maximum absolute atomic E-state index is 15.4. The highest BCUT2D eigenvalue weighted by Crippen LogP contribution is 2.63. The smallest absolute Gasteiger partial charge is 0.260 e. The summed E-state index contributed by atoms with van der Waals surface area (Å²) in [7, 11) is 0. The van der Waals surface area contributed by atoms with Gasteiger partial charge in [-0.1, -0.05) is 77.3 Å². The minimum atomic E-state index is -1.41. The van der Waals surface area contributed by atoms with E-state index in [1.807, 2.05) is 74.5 Å². The van der Waals surface area contributed by atoms with Crippen molar-refractivity contribution >= 4 is 46.6 Å². The largest absolute Gasteiger partial charge is 0.508 e. The quantitative estimate of drug-likeness (QED) is 0.165. The molecule has 4 aromatic carbocycles. The van der Waals surface area contributed by atoms with Crippen molar-refractivity contribution in [3.8, 4) is 11.5 Å². The topological polar surface area (TPSA) is 116 Å². The van der Waals surface area contributed by atoms with Gasteiger partial charge in [-0.3, -0.25) is 24.6 Å². The maximum atomic E-state index is 15.4. The van der Waals surface area contributed by atoms with E-state index in [1.165, 1.54) is 4.90 Å². The van der Waals surface area contributed by atoms with Crippen LogP contribution in [0.1, 0.15) is 35.1 Å². The molecule has 266 valence electrons. The number of nitrogens with zero attached hydrogens (tertiary/aromatic N) is 2. The molecule has 0 aromatic heterocycles. The third-order valence-electron chi connectivity index (χ3n) is 12.0. The third kappa shape index (κ3) is 4.90. The molecule has 9 nitrogen and oxygen atoms in total. The van der Waals surface area contributed by atoms with Crippen LogP contribution >= 0.6 is 11.6 Å². The average Bonchev–Trinajstić information content (AvgIpc) is 3.54. The average molecular weight is 726 g/mol. The molecular formula is C43H36ClN3O6. The van der Waals surface area contributed by atoms with E-state index in [9.17, 15) is 19.5 Å². The first kappa shape index (κ1) is 33.2. The van der Waals surface area contributed by atoms with Crippen LogP contribution in [-0.4, -0.2) is 33.7 Å². The lowest BCUT2D eigenvalue weighted by molar-refractivity contribution is -0.139. The first-order valence-electron chi connectivity index (χ1n) is 17.9. The molecule has 0 radical (unpaired) electrons. The molecule has 0 bridgehead atoms. The van der Waals surface area contributed by atoms with Gasteiger partial charge in [0.15, 0.2) is 0 Å². The molecule has 9 rings (SSSR count). The zero-order chi connectivity index (χ0) is 36.8. The van der Waals surface area contributed by atoms with E-state index in [0.29, 0.717) is 40.6 Å². The predicted molar refractivity (Wildman–Crippen MR) is 199 cm³/mol. The highest BCUT2D eigenvalue weighted by Gasteiger charge is 2.70. The number of ether oxygens (including phenoxy) is 1. The van der Waals surface area contributed by atoms with Gasteiger partial charge in [0.2, 0.25) is 11.8 Å². The van der Waals surface area contributed by atoms with E-state index in [-0.39, 0.29) is 24.0 Å². The molecule has 0 spiro atoms. The molecule has 4 amide bonds. The summed E-state index contributed by atoms with van der Waals surface area (Å²) >= 11 is 6.47. The number of allylic oxidation sites excluding steroid dienone is 3. The van der Waals surface area contributed by atoms with Crippen LogP contribution < -0.4 is 15.1 Å². The molecule has 3 fully saturated rings. The molecule has 6 unspecified atom stereocenters. The number of phenolic OH excluding ortho intramolecular Hbond substituents is 1. The molecule has 3 heterocycles. The Labute approximate surface area is 311 Å². The van der Waals surface area contributed by atoms with Gasteiger partial charge in [0.1, 0.15) is 11.5 Å². The number of anilines is 2. The molecular weight excluding hydrogens is 690 g/mol. The van der Waals surface area contributed by atoms with Gasteiger partial charge in [-0.15, -0.1) is 0 Å². The monoisotopic (exact) mass is 725 g/mol. The van der Waals surface area contributed by atoms with Gasteiger partial charge in [-0.2, -0.15) is 5.01 Å². The highest BCUT2D eigenvalue weighted by atomic mass is 35.5. The molecule has 2 saturated heterocycles. The number of hydrogen-bond donors (Lipinski definition) is 2. The Kier molecular flexibility index (Phi) is 7.64. The van der Waals surface area contributed by atoms with Crippen LogP contribution in [0.15, 0.2) is 114 Å². The minimum Gasteiger partial charge on any atom is -0.508 e. The van der Waals surface area contributed by atoms with Gasteiger partial charge in [0.05, 0.1) is 40.8 Å². The Balaban J connectivity index is 1.22. The van der Waals surface area contributed by atoms with Crippen LogP contribution in [-0.2, 0) is 31.0 Å². The number of carbonyl (C=O) groups excluding carboxylic acids is 4. The maximum Gasteiger partial charge on any atom is 0.260 e. The van der Waals surface area contributed by atoms with Gasteiger partial charge < -0.3 is 9.84 Å². The Morgan fingerprint density at radius 2 is 1.64 bits per heavy atom. The summed E-state index contributed by atoms with van der Waals surface area (Å²) in [6.45, 7) is 3.82. The van der Waals surface area contributed by atoms with Gasteiger partial charge in [-0.25, -0.2) is 4.90 Å². The summed E-state index contributed by atoms with van der Waals surface area (Å²) in [4.78, 5) is 60.2. The van der Waals surface area contributed by atoms with Crippen molar-refractivity contribution in [2.24, 2.45) is 29.6 Å². The third-order valence-corrected chi connectivity index (χ3v) is 12.4. The second kappa shape index (κ2) is 12.2. The number of nitrogens with one attached hydrogen (secondary N) is 1. The molecule has 2 N–H and O–H groups in total. The number of aromatic hydroxyl groups is 1. The molecule has 2 aliphatic carbocycles. The second-order valence-electron chi connectivity index (χ2n) is 14.8. The van der Waals surface area contributed by atoms with Crippen molar-refractivity contribution in [1.82, 2.24) is 5.01 Å². The minimum absolute atomic E-state index is 0.0810. The number of halogens is 1. The van der Waals surface area contributed by atoms with Gasteiger partial charge in [0.25, 0.3) is 11.8 Å². The number of imide groups is 2. The Hall–Kier alpha value is -5.67. The fourth-order valence-electron chi connectivity index (χ4n) is 9.54. The standard InChI is InChI=1S/C43H36ClN3O6/c1-23-8-11-28(12-9-23)45-47-40(50)34-21-33-31(15-16-32-37(33)41(51)46(39(32)49)29-13-10-24(2)35(44)20-29)38(43(34,42(47)52)27-6-4-3-5-7-27)26-18-25-19-30(48)14-17-36(25)53-22-26/h3-15,17,19-20,22,32-34,37-38,45,48H,16,18,21H2,1-2H3. The van der Waals surface area contributed by atoms with E-state index >= 15 is 4.79 Å². The highest BCUT2D eigenvalue weighted by molar-refractivity contribution is 6.32. The Bertz CT molecular complexity index is 2300. The number of carbonyl (C=O) groups is 4. The van der Waals surface area contributed by atoms with Gasteiger partial charge in [-0.05, 0) is 91.8 Å². The van der Waals surface area contributed by atoms with Gasteiger partial charge in [0, 0.05) is 22.9 Å². The van der Waals surface area contributed by atoms with Crippen LogP contribution in [0.25, 0.3) is 0 Å². The summed E-state index contributed by atoms with van der Waals surface area (Å²) in [5, 5.41) is 12.0. The van der Waals surface area contributed by atoms with E-state index in [2.05, 4.69) is 5.43 Å². The zero-order valence-corrected chi connectivity index (χ0v) is 29.8. The lowest BCUT2D eigenvalue weighted by Crippen LogP contribution is -2.55. The summed E-state index contributed by atoms with van der Waals surface area (Å²) in [5.74, 6) is -4.28. The Morgan fingerprint density at radius 1 is 0.868 bits per heavy atom. The van der Waals surface area contributed by atoms with E-state index in [1.54, 1.807) is 42.7 Å². The van der Waals surface area contributed by atoms with Crippen molar-refractivity contribution < 1.29 is 29.0 Å². The Morgan fingerprint density at radius 3 is 2.40 bits per heavy atom. The van der Waals surface area contributed by atoms with Crippen molar-refractivity contribution in [3.63, 3.8) is 0 Å². The number of amides is 4. The van der Waals surface area contributed by atoms with Crippen LogP contribution in [0, 0.1) is 43.4 Å². The molecule has 1 saturated carbocycles. The molecule has 10 heteroatoms. The van der Waals surface area contributed by atoms with Crippen LogP contribution in [0.4, 0.5) is 11.4 Å². The SMILES string of the molecule is Cc1ccc(NN2C(=O)C3CC4C(=CCC5C(=O)N(c6ccc(C)c(Cl)c6)C(=O)C54)C(C4=COc5ccc(O)cc5C4)C3(c3ccccc3)C2=O)cc1. The number of hydrogen-bond acceptors (Lipinski definition) is 7.